The molecule has 2 aromatic rings. The van der Waals surface area contributed by atoms with Gasteiger partial charge in [0, 0.05) is 39.6 Å². The summed E-state index contributed by atoms with van der Waals surface area (Å²) in [6.45, 7) is 0. The molecule has 1 aliphatic heterocycles. The zero-order valence-electron chi connectivity index (χ0n) is 15.1. The van der Waals surface area contributed by atoms with E-state index in [4.69, 9.17) is 4.74 Å². The highest BCUT2D eigenvalue weighted by molar-refractivity contribution is 8.16. The third-order valence-corrected chi connectivity index (χ3v) is 7.15. The maximum atomic E-state index is 13.1. The van der Waals surface area contributed by atoms with E-state index in [2.05, 4.69) is 0 Å². The molecule has 2 aromatic carbocycles. The number of ketones is 1. The highest BCUT2D eigenvalue weighted by Gasteiger charge is 2.36. The minimum atomic E-state index is -0.833. The summed E-state index contributed by atoms with van der Waals surface area (Å²) in [4.78, 5) is 36.7. The fraction of sp³-hybridized carbons (Fsp3) is 0.100. The number of methoxy groups -OCH3 is 1. The molecule has 0 fully saturated rings. The molecule has 146 valence electrons. The van der Waals surface area contributed by atoms with Crippen LogP contribution in [-0.2, 0) is 0 Å². The molecule has 0 radical (unpaired) electrons. The van der Waals surface area contributed by atoms with Gasteiger partial charge in [-0.1, -0.05) is 0 Å². The van der Waals surface area contributed by atoms with Gasteiger partial charge in [0.15, 0.2) is 5.78 Å². The van der Waals surface area contributed by atoms with E-state index in [1.165, 1.54) is 24.3 Å². The number of carbonyl (C=O) groups is 1. The first-order valence-corrected chi connectivity index (χ1v) is 9.75. The number of non-ortho nitro benzene ring substituents is 1. The van der Waals surface area contributed by atoms with Crippen LogP contribution in [0.4, 0.5) is 5.69 Å². The maximum absolute atomic E-state index is 13.1. The topological polar surface area (TPSA) is 113 Å². The van der Waals surface area contributed by atoms with Crippen molar-refractivity contribution in [2.24, 2.45) is 5.92 Å². The summed E-state index contributed by atoms with van der Waals surface area (Å²) in [5.41, 5.74) is -0.135. The Morgan fingerprint density at radius 2 is 1.72 bits per heavy atom. The summed E-state index contributed by atoms with van der Waals surface area (Å²) in [7, 11) is 0.843. The Morgan fingerprint density at radius 1 is 1.00 bits per heavy atom. The van der Waals surface area contributed by atoms with Gasteiger partial charge in [-0.05, 0) is 41.3 Å². The number of Topliss-reactive ketones (excluding diaryl/α,β-unsaturated/α-hetero) is 1. The molecule has 0 saturated heterocycles. The minimum absolute atomic E-state index is 0.167. The van der Waals surface area contributed by atoms with E-state index >= 15 is 0 Å². The molecule has 0 saturated carbocycles. The third kappa shape index (κ3) is 3.15. The molecule has 2 unspecified atom stereocenters. The van der Waals surface area contributed by atoms with Gasteiger partial charge in [-0.2, -0.15) is 0 Å². The number of nitrogens with zero attached hydrogens (tertiary/aromatic N) is 2. The van der Waals surface area contributed by atoms with Gasteiger partial charge in [0.2, 0.25) is 0 Å². The first-order chi connectivity index (χ1) is 13.9. The zero-order chi connectivity index (χ0) is 20.7. The number of rotatable bonds is 4. The fourth-order valence-electron chi connectivity index (χ4n) is 3.37. The standard InChI is InChI=1S/C20H14N2O6S/c1-28-14-4-6-15(7-5-14)29-18-8-2-12(21(24)25)10-16(18)20(23)17-11-13(22(26)27)3-9-19(17)29/h2-11,16H,1H3. The van der Waals surface area contributed by atoms with Gasteiger partial charge in [-0.25, -0.2) is 0 Å². The van der Waals surface area contributed by atoms with Crippen LogP contribution in [0.5, 0.6) is 5.75 Å². The van der Waals surface area contributed by atoms with E-state index < -0.39 is 26.2 Å². The number of hydrogen-bond acceptors (Lipinski definition) is 6. The molecule has 1 aliphatic carbocycles. The molecular formula is C20H14N2O6S. The number of nitro groups is 2. The molecule has 2 atom stereocenters. The largest absolute Gasteiger partial charge is 0.497 e. The van der Waals surface area contributed by atoms with Crippen LogP contribution in [0.1, 0.15) is 10.4 Å². The Morgan fingerprint density at radius 3 is 2.34 bits per heavy atom. The van der Waals surface area contributed by atoms with E-state index in [9.17, 15) is 25.0 Å². The Bertz CT molecular complexity index is 1160. The Hall–Kier alpha value is -3.59. The van der Waals surface area contributed by atoms with Crippen LogP contribution in [0.25, 0.3) is 0 Å². The number of benzene rings is 2. The molecule has 1 heterocycles. The Kier molecular flexibility index (Phi) is 4.59. The second-order valence-electron chi connectivity index (χ2n) is 6.35. The van der Waals surface area contributed by atoms with Crippen molar-refractivity contribution in [1.29, 1.82) is 0 Å². The van der Waals surface area contributed by atoms with Gasteiger partial charge in [0.05, 0.1) is 22.9 Å². The summed E-state index contributed by atoms with van der Waals surface area (Å²) >= 11 is 0. The zero-order valence-corrected chi connectivity index (χ0v) is 15.9. The highest BCUT2D eigenvalue weighted by Crippen LogP contribution is 2.47. The molecule has 0 bridgehead atoms. The molecule has 0 spiro atoms. The lowest BCUT2D eigenvalue weighted by Gasteiger charge is -2.28. The first kappa shape index (κ1) is 18.8. The van der Waals surface area contributed by atoms with Crippen LogP contribution in [0.15, 0.2) is 76.2 Å². The van der Waals surface area contributed by atoms with Crippen LogP contribution in [-0.4, -0.2) is 27.6 Å². The Balaban J connectivity index is 1.98. The van der Waals surface area contributed by atoms with Crippen LogP contribution >= 0.6 is 10.5 Å². The van der Waals surface area contributed by atoms with E-state index in [-0.39, 0.29) is 22.7 Å². The average molecular weight is 410 g/mol. The van der Waals surface area contributed by atoms with Crippen molar-refractivity contribution in [2.75, 3.05) is 7.11 Å². The molecular weight excluding hydrogens is 396 g/mol. The lowest BCUT2D eigenvalue weighted by molar-refractivity contribution is -0.419. The van der Waals surface area contributed by atoms with Crippen molar-refractivity contribution in [3.05, 3.63) is 92.2 Å². The monoisotopic (exact) mass is 410 g/mol. The fourth-order valence-corrected chi connectivity index (χ4v) is 5.78. The highest BCUT2D eigenvalue weighted by atomic mass is 32.2. The molecule has 9 heteroatoms. The predicted octanol–water partition coefficient (Wildman–Crippen LogP) is 4.01. The summed E-state index contributed by atoms with van der Waals surface area (Å²) in [5, 5.41) is 22.4. The second kappa shape index (κ2) is 7.10. The van der Waals surface area contributed by atoms with Gasteiger partial charge in [0.1, 0.15) is 5.75 Å². The van der Waals surface area contributed by atoms with Gasteiger partial charge in [0.25, 0.3) is 11.4 Å². The molecule has 29 heavy (non-hydrogen) atoms. The minimum Gasteiger partial charge on any atom is -0.497 e. The van der Waals surface area contributed by atoms with Crippen molar-refractivity contribution in [3.63, 3.8) is 0 Å². The SMILES string of the molecule is COc1ccc(S2=C3C=CC([N+](=O)[O-])=CC3C(=O)c3cc([N+](=O)[O-])ccc32)cc1. The quantitative estimate of drug-likeness (QED) is 0.428. The smallest absolute Gasteiger partial charge is 0.270 e. The third-order valence-electron chi connectivity index (χ3n) is 4.75. The molecule has 0 N–H and O–H groups in total. The van der Waals surface area contributed by atoms with Crippen molar-refractivity contribution >= 4 is 26.8 Å². The normalized spacial score (nSPS) is 19.8. The number of allylic oxidation sites excluding steroid dienone is 3. The van der Waals surface area contributed by atoms with Crippen molar-refractivity contribution in [1.82, 2.24) is 0 Å². The average Bonchev–Trinajstić information content (AvgIpc) is 2.73. The van der Waals surface area contributed by atoms with E-state index in [0.717, 1.165) is 9.76 Å². The van der Waals surface area contributed by atoms with Crippen LogP contribution in [0, 0.1) is 26.1 Å². The summed E-state index contributed by atoms with van der Waals surface area (Å²) in [6.07, 6.45) is 4.33. The summed E-state index contributed by atoms with van der Waals surface area (Å²) < 4.78 is 5.20. The van der Waals surface area contributed by atoms with E-state index in [1.807, 2.05) is 12.1 Å². The Labute approximate surface area is 167 Å². The summed E-state index contributed by atoms with van der Waals surface area (Å²) in [5.74, 6) is -0.536. The van der Waals surface area contributed by atoms with Gasteiger partial charge >= 0.3 is 0 Å². The molecule has 8 nitrogen and oxygen atoms in total. The van der Waals surface area contributed by atoms with Crippen molar-refractivity contribution in [2.45, 2.75) is 9.79 Å². The molecule has 2 aliphatic rings. The lowest BCUT2D eigenvalue weighted by atomic mass is 9.90. The van der Waals surface area contributed by atoms with Crippen LogP contribution in [0.3, 0.4) is 0 Å². The predicted molar refractivity (Wildman–Crippen MR) is 107 cm³/mol. The number of ether oxygens (including phenoxy) is 1. The number of nitro benzene ring substituents is 1. The van der Waals surface area contributed by atoms with Crippen LogP contribution < -0.4 is 4.74 Å². The lowest BCUT2D eigenvalue weighted by Crippen LogP contribution is -2.28. The molecule has 0 amide bonds. The van der Waals surface area contributed by atoms with E-state index in [0.29, 0.717) is 10.6 Å². The van der Waals surface area contributed by atoms with Crippen LogP contribution in [0.2, 0.25) is 0 Å². The maximum Gasteiger partial charge on any atom is 0.270 e. The molecule has 4 rings (SSSR count). The number of carbonyl (C=O) groups excluding carboxylic acids is 1. The van der Waals surface area contributed by atoms with Crippen molar-refractivity contribution in [3.8, 4) is 5.75 Å². The van der Waals surface area contributed by atoms with Crippen molar-refractivity contribution < 1.29 is 19.4 Å². The molecule has 0 aromatic heterocycles. The number of fused-ring (bicyclic) bond motifs is 2. The van der Waals surface area contributed by atoms with Gasteiger partial charge in [-0.3, -0.25) is 25.0 Å². The van der Waals surface area contributed by atoms with E-state index in [1.54, 1.807) is 31.4 Å². The van der Waals surface area contributed by atoms with Gasteiger partial charge in [-0.15, -0.1) is 10.5 Å². The summed E-state index contributed by atoms with van der Waals surface area (Å²) in [6, 6.07) is 11.6. The first-order valence-electron chi connectivity index (χ1n) is 8.53. The number of hydrogen-bond donors (Lipinski definition) is 0. The second-order valence-corrected chi connectivity index (χ2v) is 8.34. The van der Waals surface area contributed by atoms with Gasteiger partial charge < -0.3 is 4.74 Å².